The van der Waals surface area contributed by atoms with Crippen LogP contribution in [0.15, 0.2) is 18.3 Å². The van der Waals surface area contributed by atoms with Crippen LogP contribution in [0.3, 0.4) is 0 Å². The van der Waals surface area contributed by atoms with Gasteiger partial charge in [-0.1, -0.05) is 0 Å². The summed E-state index contributed by atoms with van der Waals surface area (Å²) < 4.78 is 5.07. The number of benzene rings is 1. The van der Waals surface area contributed by atoms with Gasteiger partial charge in [0.25, 0.3) is 0 Å². The van der Waals surface area contributed by atoms with Gasteiger partial charge >= 0.3 is 0 Å². The van der Waals surface area contributed by atoms with E-state index in [4.69, 9.17) is 4.74 Å². The Morgan fingerprint density at radius 3 is 3.36 bits per heavy atom. The van der Waals surface area contributed by atoms with Crippen molar-refractivity contribution in [1.29, 1.82) is 0 Å². The summed E-state index contributed by atoms with van der Waals surface area (Å²) in [5, 5.41) is 7.70. The predicted molar refractivity (Wildman–Crippen MR) is 41.5 cm³/mol. The molecular formula is C8H7N2O. The molecule has 55 valence electrons. The first-order chi connectivity index (χ1) is 5.42. The molecule has 1 radical (unpaired) electrons. The summed E-state index contributed by atoms with van der Waals surface area (Å²) in [7, 11) is 1.62. The van der Waals surface area contributed by atoms with Gasteiger partial charge in [-0.25, -0.2) is 0 Å². The second-order valence-electron chi connectivity index (χ2n) is 2.21. The number of hydrogen-bond acceptors (Lipinski definition) is 2. The molecule has 3 nitrogen and oxygen atoms in total. The van der Waals surface area contributed by atoms with Crippen molar-refractivity contribution >= 4 is 10.9 Å². The zero-order chi connectivity index (χ0) is 7.68. The van der Waals surface area contributed by atoms with Crippen molar-refractivity contribution < 1.29 is 4.74 Å². The Labute approximate surface area is 64.0 Å². The molecule has 11 heavy (non-hydrogen) atoms. The predicted octanol–water partition coefficient (Wildman–Crippen LogP) is 1.37. The van der Waals surface area contributed by atoms with Gasteiger partial charge in [-0.2, -0.15) is 5.10 Å². The number of rotatable bonds is 1. The van der Waals surface area contributed by atoms with Gasteiger partial charge in [0.05, 0.1) is 24.2 Å². The normalized spacial score (nSPS) is 10.3. The summed E-state index contributed by atoms with van der Waals surface area (Å²) >= 11 is 0. The number of H-pyrrole nitrogens is 1. The number of hydrogen-bond donors (Lipinski definition) is 1. The van der Waals surface area contributed by atoms with Gasteiger partial charge < -0.3 is 4.74 Å². The average Bonchev–Trinajstić information content (AvgIpc) is 2.50. The summed E-state index contributed by atoms with van der Waals surface area (Å²) in [6.07, 6.45) is 1.73. The van der Waals surface area contributed by atoms with Crippen LogP contribution in [0.2, 0.25) is 0 Å². The first kappa shape index (κ1) is 6.22. The lowest BCUT2D eigenvalue weighted by Crippen LogP contribution is -1.82. The van der Waals surface area contributed by atoms with Crippen LogP contribution in [0.1, 0.15) is 0 Å². The molecule has 0 saturated heterocycles. The Kier molecular flexibility index (Phi) is 1.28. The zero-order valence-corrected chi connectivity index (χ0v) is 6.09. The number of methoxy groups -OCH3 is 1. The minimum Gasteiger partial charge on any atom is -0.495 e. The first-order valence-corrected chi connectivity index (χ1v) is 3.29. The molecule has 0 spiro atoms. The largest absolute Gasteiger partial charge is 0.495 e. The van der Waals surface area contributed by atoms with Crippen molar-refractivity contribution in [2.45, 2.75) is 0 Å². The maximum atomic E-state index is 5.07. The smallest absolute Gasteiger partial charge is 0.137 e. The lowest BCUT2D eigenvalue weighted by molar-refractivity contribution is 0.419. The van der Waals surface area contributed by atoms with Crippen molar-refractivity contribution in [2.75, 3.05) is 7.11 Å². The maximum absolute atomic E-state index is 5.07. The molecule has 0 unspecified atom stereocenters. The average molecular weight is 147 g/mol. The summed E-state index contributed by atoms with van der Waals surface area (Å²) in [5.74, 6) is 0.733. The molecule has 1 N–H and O–H groups in total. The van der Waals surface area contributed by atoms with E-state index in [1.54, 1.807) is 19.4 Å². The molecule has 0 atom stereocenters. The highest BCUT2D eigenvalue weighted by atomic mass is 16.5. The van der Waals surface area contributed by atoms with E-state index in [0.717, 1.165) is 16.7 Å². The number of ether oxygens (including phenoxy) is 1. The molecule has 1 heterocycles. The van der Waals surface area contributed by atoms with Gasteiger partial charge in [0.15, 0.2) is 0 Å². The third-order valence-corrected chi connectivity index (χ3v) is 1.58. The molecule has 0 saturated carbocycles. The van der Waals surface area contributed by atoms with E-state index in [2.05, 4.69) is 16.3 Å². The van der Waals surface area contributed by atoms with Crippen LogP contribution in [0, 0.1) is 6.07 Å². The molecule has 0 bridgehead atoms. The third kappa shape index (κ3) is 0.852. The van der Waals surface area contributed by atoms with E-state index in [1.165, 1.54) is 0 Å². The van der Waals surface area contributed by atoms with Crippen molar-refractivity contribution in [3.63, 3.8) is 0 Å². The molecule has 2 rings (SSSR count). The van der Waals surface area contributed by atoms with E-state index < -0.39 is 0 Å². The van der Waals surface area contributed by atoms with Crippen molar-refractivity contribution in [3.8, 4) is 5.75 Å². The molecule has 1 aromatic carbocycles. The second kappa shape index (κ2) is 2.27. The fourth-order valence-corrected chi connectivity index (χ4v) is 1.05. The lowest BCUT2D eigenvalue weighted by atomic mass is 10.2. The quantitative estimate of drug-likeness (QED) is 0.661. The number of fused-ring (bicyclic) bond motifs is 1. The van der Waals surface area contributed by atoms with Crippen LogP contribution in [0.4, 0.5) is 0 Å². The summed E-state index contributed by atoms with van der Waals surface area (Å²) in [5.41, 5.74) is 0.973. The van der Waals surface area contributed by atoms with E-state index >= 15 is 0 Å². The molecule has 0 fully saturated rings. The molecule has 0 aliphatic carbocycles. The SMILES string of the molecule is COc1[c]ccc2[nH]ncc12. The Morgan fingerprint density at radius 1 is 1.64 bits per heavy atom. The van der Waals surface area contributed by atoms with Crippen LogP contribution in [0.25, 0.3) is 10.9 Å². The first-order valence-electron chi connectivity index (χ1n) is 3.29. The number of aromatic amines is 1. The zero-order valence-electron chi connectivity index (χ0n) is 6.09. The van der Waals surface area contributed by atoms with E-state index in [1.807, 2.05) is 6.07 Å². The lowest BCUT2D eigenvalue weighted by Gasteiger charge is -1.97. The van der Waals surface area contributed by atoms with Crippen LogP contribution in [-0.2, 0) is 0 Å². The monoisotopic (exact) mass is 147 g/mol. The number of nitrogens with one attached hydrogen (secondary N) is 1. The van der Waals surface area contributed by atoms with E-state index in [9.17, 15) is 0 Å². The van der Waals surface area contributed by atoms with Crippen LogP contribution in [0.5, 0.6) is 5.75 Å². The van der Waals surface area contributed by atoms with Crippen LogP contribution >= 0.6 is 0 Å². The van der Waals surface area contributed by atoms with Gasteiger partial charge in [-0.15, -0.1) is 0 Å². The van der Waals surface area contributed by atoms with Crippen molar-refractivity contribution in [3.05, 3.63) is 24.4 Å². The molecule has 0 aliphatic heterocycles. The minimum atomic E-state index is 0.733. The fraction of sp³-hybridized carbons (Fsp3) is 0.125. The van der Waals surface area contributed by atoms with E-state index in [-0.39, 0.29) is 0 Å². The standard InChI is InChI=1S/C8H7N2O/c1-11-8-4-2-3-7-6(8)5-9-10-7/h2-3,5H,1H3,(H,9,10). The fourth-order valence-electron chi connectivity index (χ4n) is 1.05. The molecule has 1 aromatic heterocycles. The molecular weight excluding hydrogens is 140 g/mol. The number of nitrogens with zero attached hydrogens (tertiary/aromatic N) is 1. The topological polar surface area (TPSA) is 37.9 Å². The Hall–Kier alpha value is -1.51. The summed E-state index contributed by atoms with van der Waals surface area (Å²) in [6.45, 7) is 0. The molecule has 0 aliphatic rings. The van der Waals surface area contributed by atoms with Gasteiger partial charge in [0.1, 0.15) is 5.75 Å². The highest BCUT2D eigenvalue weighted by molar-refractivity contribution is 5.84. The van der Waals surface area contributed by atoms with Gasteiger partial charge in [0, 0.05) is 6.07 Å². The maximum Gasteiger partial charge on any atom is 0.137 e. The molecule has 3 heteroatoms. The Morgan fingerprint density at radius 2 is 2.55 bits per heavy atom. The Bertz CT molecular complexity index is 367. The Balaban J connectivity index is 2.79. The number of aromatic nitrogens is 2. The highest BCUT2D eigenvalue weighted by Gasteiger charge is 2.00. The second-order valence-corrected chi connectivity index (χ2v) is 2.21. The molecule has 2 aromatic rings. The van der Waals surface area contributed by atoms with Crippen LogP contribution in [-0.4, -0.2) is 17.3 Å². The minimum absolute atomic E-state index is 0.733. The van der Waals surface area contributed by atoms with Gasteiger partial charge in [0.2, 0.25) is 0 Å². The molecule has 0 amide bonds. The summed E-state index contributed by atoms with van der Waals surface area (Å²) in [4.78, 5) is 0. The van der Waals surface area contributed by atoms with Gasteiger partial charge in [-0.3, -0.25) is 5.10 Å². The van der Waals surface area contributed by atoms with E-state index in [0.29, 0.717) is 0 Å². The third-order valence-electron chi connectivity index (χ3n) is 1.58. The summed E-state index contributed by atoms with van der Waals surface area (Å²) in [6, 6.07) is 6.68. The van der Waals surface area contributed by atoms with Crippen molar-refractivity contribution in [2.24, 2.45) is 0 Å². The highest BCUT2D eigenvalue weighted by Crippen LogP contribution is 2.21. The van der Waals surface area contributed by atoms with Crippen molar-refractivity contribution in [1.82, 2.24) is 10.2 Å². The van der Waals surface area contributed by atoms with Crippen LogP contribution < -0.4 is 4.74 Å². The van der Waals surface area contributed by atoms with Gasteiger partial charge in [-0.05, 0) is 12.1 Å².